The number of rotatable bonds is 3. The number of hydrogen-bond acceptors (Lipinski definition) is 2. The van der Waals surface area contributed by atoms with Gasteiger partial charge in [0, 0.05) is 16.4 Å². The molecule has 1 heterocycles. The van der Waals surface area contributed by atoms with E-state index >= 15 is 0 Å². The van der Waals surface area contributed by atoms with Gasteiger partial charge in [0.15, 0.2) is 0 Å². The zero-order valence-electron chi connectivity index (χ0n) is 13.9. The Kier molecular flexibility index (Phi) is 4.76. The standard InChI is InChI=1S/C19H18ClN3O2/c1-11-4-3-5-15(10-11)22-18(24)16-12(2)21-19(25)23-17(16)13-6-8-14(20)9-7-13/h3-10,17H,1-2H3,(H,22,24)(H2,21,23,25). The third kappa shape index (κ3) is 3.83. The highest BCUT2D eigenvalue weighted by Crippen LogP contribution is 2.28. The molecule has 2 aromatic rings. The van der Waals surface area contributed by atoms with Crippen LogP contribution in [0.1, 0.15) is 24.1 Å². The molecule has 6 heteroatoms. The summed E-state index contributed by atoms with van der Waals surface area (Å²) in [5.41, 5.74) is 3.52. The predicted octanol–water partition coefficient (Wildman–Crippen LogP) is 3.92. The Labute approximate surface area is 151 Å². The van der Waals surface area contributed by atoms with Crippen molar-refractivity contribution in [3.8, 4) is 0 Å². The Morgan fingerprint density at radius 2 is 1.84 bits per heavy atom. The fraction of sp³-hybridized carbons (Fsp3) is 0.158. The largest absolute Gasteiger partial charge is 0.327 e. The highest BCUT2D eigenvalue weighted by Gasteiger charge is 2.31. The van der Waals surface area contributed by atoms with Crippen LogP contribution in [0.3, 0.4) is 0 Å². The third-order valence-corrected chi connectivity index (χ3v) is 4.25. The van der Waals surface area contributed by atoms with Gasteiger partial charge in [0.2, 0.25) is 0 Å². The summed E-state index contributed by atoms with van der Waals surface area (Å²) in [5, 5.41) is 8.95. The van der Waals surface area contributed by atoms with Crippen molar-refractivity contribution in [3.05, 3.63) is 76.0 Å². The van der Waals surface area contributed by atoms with E-state index in [1.54, 1.807) is 31.2 Å². The van der Waals surface area contributed by atoms with Crippen LogP contribution >= 0.6 is 11.6 Å². The number of carbonyl (C=O) groups excluding carboxylic acids is 2. The van der Waals surface area contributed by atoms with Gasteiger partial charge in [-0.2, -0.15) is 0 Å². The summed E-state index contributed by atoms with van der Waals surface area (Å²) < 4.78 is 0. The normalized spacial score (nSPS) is 16.9. The predicted molar refractivity (Wildman–Crippen MR) is 98.4 cm³/mol. The molecule has 1 aliphatic heterocycles. The van der Waals surface area contributed by atoms with E-state index in [4.69, 9.17) is 11.6 Å². The first kappa shape index (κ1) is 17.0. The van der Waals surface area contributed by atoms with Crippen LogP contribution in [0, 0.1) is 6.92 Å². The van der Waals surface area contributed by atoms with Crippen LogP contribution < -0.4 is 16.0 Å². The lowest BCUT2D eigenvalue weighted by atomic mass is 9.95. The molecule has 0 bridgehead atoms. The van der Waals surface area contributed by atoms with Gasteiger partial charge in [-0.15, -0.1) is 0 Å². The highest BCUT2D eigenvalue weighted by molar-refractivity contribution is 6.30. The Morgan fingerprint density at radius 3 is 2.52 bits per heavy atom. The Hall–Kier alpha value is -2.79. The minimum Gasteiger partial charge on any atom is -0.327 e. The molecule has 0 radical (unpaired) electrons. The molecular formula is C19H18ClN3O2. The number of amides is 3. The van der Waals surface area contributed by atoms with Crippen molar-refractivity contribution in [3.63, 3.8) is 0 Å². The quantitative estimate of drug-likeness (QED) is 0.781. The van der Waals surface area contributed by atoms with Crippen LogP contribution in [0.4, 0.5) is 10.5 Å². The summed E-state index contributed by atoms with van der Waals surface area (Å²) >= 11 is 5.94. The maximum Gasteiger partial charge on any atom is 0.319 e. The van der Waals surface area contributed by atoms with Gasteiger partial charge in [0.1, 0.15) is 0 Å². The maximum atomic E-state index is 12.9. The van der Waals surface area contributed by atoms with Crippen molar-refractivity contribution < 1.29 is 9.59 Å². The minimum absolute atomic E-state index is 0.268. The Morgan fingerprint density at radius 1 is 1.12 bits per heavy atom. The first-order chi connectivity index (χ1) is 11.9. The van der Waals surface area contributed by atoms with Gasteiger partial charge in [-0.05, 0) is 49.2 Å². The monoisotopic (exact) mass is 355 g/mol. The molecule has 1 aliphatic rings. The smallest absolute Gasteiger partial charge is 0.319 e. The van der Waals surface area contributed by atoms with Gasteiger partial charge in [0.05, 0.1) is 11.6 Å². The molecule has 0 saturated heterocycles. The molecule has 3 N–H and O–H groups in total. The number of benzene rings is 2. The molecule has 25 heavy (non-hydrogen) atoms. The van der Waals surface area contributed by atoms with E-state index < -0.39 is 6.04 Å². The molecule has 2 aromatic carbocycles. The van der Waals surface area contributed by atoms with Crippen molar-refractivity contribution in [1.82, 2.24) is 10.6 Å². The fourth-order valence-electron chi connectivity index (χ4n) is 2.82. The van der Waals surface area contributed by atoms with E-state index in [0.717, 1.165) is 11.1 Å². The van der Waals surface area contributed by atoms with Crippen LogP contribution in [0.15, 0.2) is 59.8 Å². The Balaban J connectivity index is 1.94. The molecule has 0 fully saturated rings. The lowest BCUT2D eigenvalue weighted by molar-refractivity contribution is -0.113. The molecule has 128 valence electrons. The summed E-state index contributed by atoms with van der Waals surface area (Å²) in [6, 6.07) is 13.7. The van der Waals surface area contributed by atoms with E-state index in [1.807, 2.05) is 31.2 Å². The first-order valence-electron chi connectivity index (χ1n) is 7.86. The van der Waals surface area contributed by atoms with Crippen molar-refractivity contribution >= 4 is 29.2 Å². The van der Waals surface area contributed by atoms with Crippen LogP contribution in [0.5, 0.6) is 0 Å². The maximum absolute atomic E-state index is 12.9. The number of aryl methyl sites for hydroxylation is 1. The summed E-state index contributed by atoms with van der Waals surface area (Å²) in [6.45, 7) is 3.67. The van der Waals surface area contributed by atoms with E-state index in [2.05, 4.69) is 16.0 Å². The average molecular weight is 356 g/mol. The summed E-state index contributed by atoms with van der Waals surface area (Å²) in [6.07, 6.45) is 0. The summed E-state index contributed by atoms with van der Waals surface area (Å²) in [4.78, 5) is 24.7. The van der Waals surface area contributed by atoms with Gasteiger partial charge in [0.25, 0.3) is 5.91 Å². The van der Waals surface area contributed by atoms with Gasteiger partial charge in [-0.3, -0.25) is 4.79 Å². The van der Waals surface area contributed by atoms with Gasteiger partial charge >= 0.3 is 6.03 Å². The molecule has 3 amide bonds. The van der Waals surface area contributed by atoms with Gasteiger partial charge in [-0.25, -0.2) is 4.79 Å². The van der Waals surface area contributed by atoms with Crippen LogP contribution in [-0.4, -0.2) is 11.9 Å². The molecule has 0 aliphatic carbocycles. The zero-order chi connectivity index (χ0) is 18.0. The van der Waals surface area contributed by atoms with E-state index in [9.17, 15) is 9.59 Å². The molecule has 0 spiro atoms. The molecule has 1 unspecified atom stereocenters. The number of urea groups is 1. The second-order valence-electron chi connectivity index (χ2n) is 5.95. The second kappa shape index (κ2) is 6.99. The topological polar surface area (TPSA) is 70.2 Å². The van der Waals surface area contributed by atoms with Crippen molar-refractivity contribution in [1.29, 1.82) is 0 Å². The summed E-state index contributed by atoms with van der Waals surface area (Å²) in [5.74, 6) is -0.268. The van der Waals surface area contributed by atoms with Crippen LogP contribution in [0.25, 0.3) is 0 Å². The van der Waals surface area contributed by atoms with Crippen molar-refractivity contribution in [2.24, 2.45) is 0 Å². The van der Waals surface area contributed by atoms with Crippen LogP contribution in [-0.2, 0) is 4.79 Å². The van der Waals surface area contributed by atoms with Crippen molar-refractivity contribution in [2.45, 2.75) is 19.9 Å². The number of halogens is 1. The number of carbonyl (C=O) groups is 2. The second-order valence-corrected chi connectivity index (χ2v) is 6.38. The molecular weight excluding hydrogens is 338 g/mol. The summed E-state index contributed by atoms with van der Waals surface area (Å²) in [7, 11) is 0. The SMILES string of the molecule is CC1=C(C(=O)Nc2cccc(C)c2)C(c2ccc(Cl)cc2)NC(=O)N1. The first-order valence-corrected chi connectivity index (χ1v) is 8.23. The Bertz CT molecular complexity index is 859. The number of allylic oxidation sites excluding steroid dienone is 1. The lowest BCUT2D eigenvalue weighted by Gasteiger charge is -2.28. The third-order valence-electron chi connectivity index (χ3n) is 3.99. The van der Waals surface area contributed by atoms with Crippen molar-refractivity contribution in [2.75, 3.05) is 5.32 Å². The van der Waals surface area contributed by atoms with E-state index in [0.29, 0.717) is 22.0 Å². The fourth-order valence-corrected chi connectivity index (χ4v) is 2.95. The molecule has 0 aromatic heterocycles. The molecule has 5 nitrogen and oxygen atoms in total. The van der Waals surface area contributed by atoms with E-state index in [1.165, 1.54) is 0 Å². The van der Waals surface area contributed by atoms with Gasteiger partial charge in [-0.1, -0.05) is 35.9 Å². The van der Waals surface area contributed by atoms with Gasteiger partial charge < -0.3 is 16.0 Å². The lowest BCUT2D eigenvalue weighted by Crippen LogP contribution is -2.45. The average Bonchev–Trinajstić information content (AvgIpc) is 2.54. The molecule has 0 saturated carbocycles. The molecule has 3 rings (SSSR count). The zero-order valence-corrected chi connectivity index (χ0v) is 14.6. The number of nitrogens with one attached hydrogen (secondary N) is 3. The molecule has 1 atom stereocenters. The van der Waals surface area contributed by atoms with E-state index in [-0.39, 0.29) is 11.9 Å². The highest BCUT2D eigenvalue weighted by atomic mass is 35.5. The number of anilines is 1. The minimum atomic E-state index is -0.546. The van der Waals surface area contributed by atoms with Crippen LogP contribution in [0.2, 0.25) is 5.02 Å². The number of hydrogen-bond donors (Lipinski definition) is 3.